The molecule has 1 aliphatic rings. The Morgan fingerprint density at radius 3 is 2.33 bits per heavy atom. The molecule has 1 atom stereocenters. The SMILES string of the molecule is CCOC(=O)C1=C(C)N=c2s/c(=C/c3cc(I)c(OCC)c(OCC)c3)c(=O)n2[C@H]1c1ccc(OCC(=O)OC)c(OCC)c1. The van der Waals surface area contributed by atoms with E-state index < -0.39 is 18.0 Å². The number of esters is 2. The van der Waals surface area contributed by atoms with Gasteiger partial charge in [-0.15, -0.1) is 0 Å². The lowest BCUT2D eigenvalue weighted by atomic mass is 9.95. The molecule has 1 aliphatic heterocycles. The van der Waals surface area contributed by atoms with Gasteiger partial charge in [-0.3, -0.25) is 9.36 Å². The summed E-state index contributed by atoms with van der Waals surface area (Å²) in [7, 11) is 1.27. The lowest BCUT2D eigenvalue weighted by molar-refractivity contribution is -0.143. The maximum atomic E-state index is 14.1. The first-order chi connectivity index (χ1) is 21.7. The number of halogens is 1. The topological polar surface area (TPSA) is 124 Å². The quantitative estimate of drug-likeness (QED) is 0.187. The number of carbonyl (C=O) groups is 2. The molecule has 0 unspecified atom stereocenters. The highest BCUT2D eigenvalue weighted by Gasteiger charge is 2.34. The molecule has 0 aliphatic carbocycles. The first kappa shape index (κ1) is 34.0. The lowest BCUT2D eigenvalue weighted by Crippen LogP contribution is -2.40. The van der Waals surface area contributed by atoms with Crippen molar-refractivity contribution in [3.8, 4) is 23.0 Å². The Balaban J connectivity index is 1.90. The highest BCUT2D eigenvalue weighted by atomic mass is 127. The summed E-state index contributed by atoms with van der Waals surface area (Å²) in [6.07, 6.45) is 1.78. The Labute approximate surface area is 278 Å². The fourth-order valence-corrected chi connectivity index (χ4v) is 6.58. The smallest absolute Gasteiger partial charge is 0.343 e. The van der Waals surface area contributed by atoms with Crippen LogP contribution in [0.15, 0.2) is 51.4 Å². The fourth-order valence-electron chi connectivity index (χ4n) is 4.75. The highest BCUT2D eigenvalue weighted by Crippen LogP contribution is 2.37. The molecule has 45 heavy (non-hydrogen) atoms. The monoisotopic (exact) mass is 750 g/mol. The van der Waals surface area contributed by atoms with Crippen LogP contribution in [-0.2, 0) is 19.1 Å². The number of allylic oxidation sites excluding steroid dienone is 1. The molecule has 0 fully saturated rings. The molecule has 0 saturated carbocycles. The minimum Gasteiger partial charge on any atom is -0.490 e. The molecule has 2 heterocycles. The van der Waals surface area contributed by atoms with E-state index in [1.807, 2.05) is 32.9 Å². The first-order valence-electron chi connectivity index (χ1n) is 14.4. The summed E-state index contributed by atoms with van der Waals surface area (Å²) >= 11 is 3.41. The van der Waals surface area contributed by atoms with E-state index in [9.17, 15) is 14.4 Å². The maximum Gasteiger partial charge on any atom is 0.343 e. The highest BCUT2D eigenvalue weighted by molar-refractivity contribution is 14.1. The maximum absolute atomic E-state index is 14.1. The molecule has 0 spiro atoms. The van der Waals surface area contributed by atoms with Crippen LogP contribution in [-0.4, -0.2) is 56.6 Å². The third-order valence-electron chi connectivity index (χ3n) is 6.59. The predicted molar refractivity (Wildman–Crippen MR) is 177 cm³/mol. The van der Waals surface area contributed by atoms with Crippen LogP contribution in [0.1, 0.15) is 51.8 Å². The Bertz CT molecular complexity index is 1790. The molecule has 3 aromatic rings. The van der Waals surface area contributed by atoms with E-state index in [-0.39, 0.29) is 24.3 Å². The summed E-state index contributed by atoms with van der Waals surface area (Å²) in [5.74, 6) is 0.758. The third-order valence-corrected chi connectivity index (χ3v) is 8.38. The van der Waals surface area contributed by atoms with Crippen LogP contribution in [0.5, 0.6) is 23.0 Å². The third kappa shape index (κ3) is 7.52. The molecule has 0 saturated heterocycles. The zero-order valence-corrected chi connectivity index (χ0v) is 28.9. The van der Waals surface area contributed by atoms with Crippen molar-refractivity contribution in [2.45, 2.75) is 40.7 Å². The van der Waals surface area contributed by atoms with E-state index in [0.717, 1.165) is 9.13 Å². The number of fused-ring (bicyclic) bond motifs is 1. The van der Waals surface area contributed by atoms with Gasteiger partial charge < -0.3 is 28.4 Å². The van der Waals surface area contributed by atoms with Gasteiger partial charge in [0, 0.05) is 0 Å². The molecule has 11 nitrogen and oxygen atoms in total. The summed E-state index contributed by atoms with van der Waals surface area (Å²) in [5.41, 5.74) is 1.66. The predicted octanol–water partition coefficient (Wildman–Crippen LogP) is 4.15. The summed E-state index contributed by atoms with van der Waals surface area (Å²) < 4.78 is 35.9. The van der Waals surface area contributed by atoms with Crippen LogP contribution >= 0.6 is 33.9 Å². The second kappa shape index (κ2) is 15.4. The number of thiazole rings is 1. The van der Waals surface area contributed by atoms with E-state index in [1.54, 1.807) is 38.1 Å². The molecule has 0 radical (unpaired) electrons. The molecule has 13 heteroatoms. The van der Waals surface area contributed by atoms with Crippen molar-refractivity contribution < 1.29 is 38.0 Å². The van der Waals surface area contributed by atoms with Crippen molar-refractivity contribution >= 4 is 51.9 Å². The van der Waals surface area contributed by atoms with Gasteiger partial charge in [0.1, 0.15) is 0 Å². The minimum absolute atomic E-state index is 0.149. The minimum atomic E-state index is -0.865. The van der Waals surface area contributed by atoms with Gasteiger partial charge in [-0.2, -0.15) is 0 Å². The van der Waals surface area contributed by atoms with E-state index in [0.29, 0.717) is 63.4 Å². The average Bonchev–Trinajstić information content (AvgIpc) is 3.31. The number of hydrogen-bond acceptors (Lipinski definition) is 11. The van der Waals surface area contributed by atoms with Crippen molar-refractivity contribution in [2.75, 3.05) is 40.1 Å². The van der Waals surface area contributed by atoms with Crippen LogP contribution in [0.2, 0.25) is 0 Å². The number of methoxy groups -OCH3 is 1. The van der Waals surface area contributed by atoms with Crippen molar-refractivity contribution in [1.29, 1.82) is 0 Å². The molecule has 1 aromatic heterocycles. The Hall–Kier alpha value is -3.85. The van der Waals surface area contributed by atoms with E-state index in [1.165, 1.54) is 23.0 Å². The lowest BCUT2D eigenvalue weighted by Gasteiger charge is -2.25. The van der Waals surface area contributed by atoms with Crippen LogP contribution in [0.4, 0.5) is 0 Å². The number of ether oxygens (including phenoxy) is 6. The number of carbonyl (C=O) groups excluding carboxylic acids is 2. The Morgan fingerprint density at radius 2 is 1.67 bits per heavy atom. The second-order valence-electron chi connectivity index (χ2n) is 9.50. The van der Waals surface area contributed by atoms with Crippen molar-refractivity contribution in [3.63, 3.8) is 0 Å². The van der Waals surface area contributed by atoms with Gasteiger partial charge in [0.15, 0.2) is 34.4 Å². The Morgan fingerprint density at radius 1 is 0.956 bits per heavy atom. The summed E-state index contributed by atoms with van der Waals surface area (Å²) in [6, 6.07) is 7.94. The van der Waals surface area contributed by atoms with Crippen LogP contribution in [0.3, 0.4) is 0 Å². The van der Waals surface area contributed by atoms with Gasteiger partial charge >= 0.3 is 11.9 Å². The average molecular weight is 751 g/mol. The molecule has 0 bridgehead atoms. The number of benzene rings is 2. The number of nitrogens with zero attached hydrogens (tertiary/aromatic N) is 2. The van der Waals surface area contributed by atoms with E-state index >= 15 is 0 Å². The second-order valence-corrected chi connectivity index (χ2v) is 11.7. The standard InChI is InChI=1S/C32H35IN2O9S/c1-7-40-23-16-20(11-12-22(23)44-17-26(36)39-6)28-27(31(38)43-10-4)18(5)34-32-35(28)30(37)25(45-32)15-19-13-21(33)29(42-9-3)24(14-19)41-8-2/h11-16,28H,7-10,17H2,1-6H3/b25-15+/t28-/m0/s1. The van der Waals surface area contributed by atoms with Gasteiger partial charge in [0.05, 0.1) is 59.0 Å². The van der Waals surface area contributed by atoms with Crippen molar-refractivity contribution in [2.24, 2.45) is 4.99 Å². The first-order valence-corrected chi connectivity index (χ1v) is 16.3. The Kier molecular flexibility index (Phi) is 11.7. The number of aromatic nitrogens is 1. The summed E-state index contributed by atoms with van der Waals surface area (Å²) in [5, 5.41) is 0. The van der Waals surface area contributed by atoms with Crippen molar-refractivity contribution in [3.05, 3.63) is 76.0 Å². The van der Waals surface area contributed by atoms with Gasteiger partial charge in [-0.05, 0) is 98.7 Å². The zero-order valence-electron chi connectivity index (χ0n) is 25.9. The van der Waals surface area contributed by atoms with Gasteiger partial charge in [0.25, 0.3) is 5.56 Å². The van der Waals surface area contributed by atoms with E-state index in [4.69, 9.17) is 23.7 Å². The molecular weight excluding hydrogens is 715 g/mol. The van der Waals surface area contributed by atoms with Gasteiger partial charge in [0.2, 0.25) is 0 Å². The largest absolute Gasteiger partial charge is 0.490 e. The van der Waals surface area contributed by atoms with Crippen LogP contribution < -0.4 is 33.8 Å². The van der Waals surface area contributed by atoms with Crippen LogP contribution in [0, 0.1) is 3.57 Å². The fraction of sp³-hybridized carbons (Fsp3) is 0.375. The molecule has 0 amide bonds. The van der Waals surface area contributed by atoms with Gasteiger partial charge in [-0.25, -0.2) is 14.6 Å². The van der Waals surface area contributed by atoms with Crippen molar-refractivity contribution in [1.82, 2.24) is 4.57 Å². The summed E-state index contributed by atoms with van der Waals surface area (Å²) in [6.45, 7) is 10.1. The molecular formula is C32H35IN2O9S. The van der Waals surface area contributed by atoms with Crippen LogP contribution in [0.25, 0.3) is 6.08 Å². The summed E-state index contributed by atoms with van der Waals surface area (Å²) in [4.78, 5) is 44.2. The number of hydrogen-bond donors (Lipinski definition) is 0. The van der Waals surface area contributed by atoms with E-state index in [2.05, 4.69) is 32.3 Å². The molecule has 2 aromatic carbocycles. The van der Waals surface area contributed by atoms with Gasteiger partial charge in [-0.1, -0.05) is 17.4 Å². The number of rotatable bonds is 13. The zero-order chi connectivity index (χ0) is 32.7. The molecule has 240 valence electrons. The normalized spacial score (nSPS) is 14.4. The molecule has 4 rings (SSSR count). The molecule has 0 N–H and O–H groups in total.